The van der Waals surface area contributed by atoms with Crippen molar-refractivity contribution in [1.29, 1.82) is 0 Å². The van der Waals surface area contributed by atoms with Gasteiger partial charge in [-0.05, 0) is 30.6 Å². The van der Waals surface area contributed by atoms with Crippen LogP contribution in [0, 0.1) is 0 Å². The van der Waals surface area contributed by atoms with Crippen LogP contribution in [0.25, 0.3) is 0 Å². The Morgan fingerprint density at radius 2 is 1.78 bits per heavy atom. The molecule has 1 N–H and O–H groups in total. The molecular formula is C17H26O. The molecule has 0 heterocycles. The fourth-order valence-electron chi connectivity index (χ4n) is 1.13. The molecule has 100 valence electrons. The quantitative estimate of drug-likeness (QED) is 0.473. The van der Waals surface area contributed by atoms with E-state index in [-0.39, 0.29) is 5.76 Å². The zero-order chi connectivity index (χ0) is 14.4. The Morgan fingerprint density at radius 3 is 2.17 bits per heavy atom. The van der Waals surface area contributed by atoms with Crippen molar-refractivity contribution in [3.05, 3.63) is 72.6 Å². The summed E-state index contributed by atoms with van der Waals surface area (Å²) in [4.78, 5) is 0. The molecule has 0 rings (SSSR count). The molecule has 1 heteroatoms. The van der Waals surface area contributed by atoms with Gasteiger partial charge in [-0.2, -0.15) is 0 Å². The maximum absolute atomic E-state index is 9.00. The van der Waals surface area contributed by atoms with Gasteiger partial charge < -0.3 is 5.11 Å². The van der Waals surface area contributed by atoms with Gasteiger partial charge in [-0.1, -0.05) is 70.4 Å². The Labute approximate surface area is 112 Å². The molecule has 0 aliphatic heterocycles. The van der Waals surface area contributed by atoms with Crippen molar-refractivity contribution < 1.29 is 5.11 Å². The van der Waals surface area contributed by atoms with Gasteiger partial charge in [0.05, 0.1) is 0 Å². The molecule has 0 amide bonds. The number of aliphatic hydroxyl groups excluding tert-OH is 1. The van der Waals surface area contributed by atoms with Crippen molar-refractivity contribution in [1.82, 2.24) is 0 Å². The molecule has 0 radical (unpaired) electrons. The minimum Gasteiger partial charge on any atom is -0.509 e. The maximum atomic E-state index is 9.00. The smallest absolute Gasteiger partial charge is 0.108 e. The molecule has 1 nitrogen and oxygen atoms in total. The van der Waals surface area contributed by atoms with Gasteiger partial charge in [0.1, 0.15) is 5.76 Å². The fraction of sp³-hybridized carbons (Fsp3) is 0.294. The summed E-state index contributed by atoms with van der Waals surface area (Å²) < 4.78 is 0. The van der Waals surface area contributed by atoms with E-state index in [0.717, 1.165) is 17.6 Å². The van der Waals surface area contributed by atoms with Crippen LogP contribution in [0.2, 0.25) is 0 Å². The summed E-state index contributed by atoms with van der Waals surface area (Å²) in [5.41, 5.74) is 2.02. The van der Waals surface area contributed by atoms with Crippen LogP contribution in [0.4, 0.5) is 0 Å². The average Bonchev–Trinajstić information content (AvgIpc) is 2.39. The van der Waals surface area contributed by atoms with Crippen LogP contribution >= 0.6 is 0 Å². The first kappa shape index (κ1) is 18.6. The summed E-state index contributed by atoms with van der Waals surface area (Å²) in [5, 5.41) is 9.00. The summed E-state index contributed by atoms with van der Waals surface area (Å²) in [7, 11) is 0. The standard InChI is InChI=1S/C15H20O.C2H6/c1-5-8-9-10-14(6-2)15(7-3)12-11-13(4)16;1-2/h6-12,16H,2,4-5H2,1,3H3;1-2H3/b9-8-,12-11-,14-10+,15-7+;. The number of allylic oxidation sites excluding steroid dienone is 9. The van der Waals surface area contributed by atoms with Gasteiger partial charge in [-0.15, -0.1) is 0 Å². The molecule has 0 aromatic carbocycles. The highest BCUT2D eigenvalue weighted by atomic mass is 16.3. The van der Waals surface area contributed by atoms with Crippen molar-refractivity contribution in [2.75, 3.05) is 0 Å². The van der Waals surface area contributed by atoms with E-state index in [9.17, 15) is 0 Å². The van der Waals surface area contributed by atoms with Gasteiger partial charge in [0.25, 0.3) is 0 Å². The molecular weight excluding hydrogens is 220 g/mol. The Hall–Kier alpha value is -1.76. The lowest BCUT2D eigenvalue weighted by Crippen LogP contribution is -1.82. The second kappa shape index (κ2) is 13.3. The second-order valence-corrected chi connectivity index (χ2v) is 3.23. The third kappa shape index (κ3) is 9.46. The predicted octanol–water partition coefficient (Wildman–Crippen LogP) is 5.67. The van der Waals surface area contributed by atoms with Gasteiger partial charge in [-0.25, -0.2) is 0 Å². The van der Waals surface area contributed by atoms with Gasteiger partial charge >= 0.3 is 0 Å². The fourth-order valence-corrected chi connectivity index (χ4v) is 1.13. The minimum atomic E-state index is 0.0480. The largest absolute Gasteiger partial charge is 0.509 e. The third-order valence-electron chi connectivity index (χ3n) is 1.97. The number of hydrogen-bond acceptors (Lipinski definition) is 1. The van der Waals surface area contributed by atoms with Crippen LogP contribution in [-0.2, 0) is 0 Å². The van der Waals surface area contributed by atoms with E-state index >= 15 is 0 Å². The van der Waals surface area contributed by atoms with Crippen LogP contribution in [0.3, 0.4) is 0 Å². The summed E-state index contributed by atoms with van der Waals surface area (Å²) >= 11 is 0. The summed E-state index contributed by atoms with van der Waals surface area (Å²) in [6.07, 6.45) is 14.2. The lowest BCUT2D eigenvalue weighted by Gasteiger charge is -2.01. The van der Waals surface area contributed by atoms with E-state index in [4.69, 9.17) is 5.11 Å². The molecule has 0 saturated heterocycles. The topological polar surface area (TPSA) is 20.2 Å². The number of rotatable bonds is 6. The SMILES string of the molecule is C=CC(=C\C=C/CC)/C(/C=C\C(=C)O)=C/C.CC. The number of aliphatic hydroxyl groups is 1. The monoisotopic (exact) mass is 246 g/mol. The molecule has 0 aliphatic rings. The van der Waals surface area contributed by atoms with E-state index in [0.29, 0.717) is 0 Å². The van der Waals surface area contributed by atoms with Crippen molar-refractivity contribution in [2.24, 2.45) is 0 Å². The van der Waals surface area contributed by atoms with E-state index in [1.807, 2.05) is 45.1 Å². The van der Waals surface area contributed by atoms with E-state index in [1.165, 1.54) is 0 Å². The first-order valence-corrected chi connectivity index (χ1v) is 6.37. The van der Waals surface area contributed by atoms with Crippen LogP contribution in [-0.4, -0.2) is 5.11 Å². The Bertz CT molecular complexity index is 352. The normalized spacial score (nSPS) is 12.4. The summed E-state index contributed by atoms with van der Waals surface area (Å²) in [5.74, 6) is 0.0480. The zero-order valence-corrected chi connectivity index (χ0v) is 12.1. The van der Waals surface area contributed by atoms with Crippen LogP contribution < -0.4 is 0 Å². The van der Waals surface area contributed by atoms with Crippen molar-refractivity contribution in [3.8, 4) is 0 Å². The summed E-state index contributed by atoms with van der Waals surface area (Å²) in [6, 6.07) is 0. The number of hydrogen-bond donors (Lipinski definition) is 1. The van der Waals surface area contributed by atoms with Crippen molar-refractivity contribution in [2.45, 2.75) is 34.1 Å². The van der Waals surface area contributed by atoms with Crippen molar-refractivity contribution >= 4 is 0 Å². The molecule has 0 aromatic heterocycles. The second-order valence-electron chi connectivity index (χ2n) is 3.23. The Morgan fingerprint density at radius 1 is 1.17 bits per heavy atom. The van der Waals surface area contributed by atoms with Crippen LogP contribution in [0.15, 0.2) is 72.6 Å². The lowest BCUT2D eigenvalue weighted by atomic mass is 10.0. The van der Waals surface area contributed by atoms with Crippen LogP contribution in [0.1, 0.15) is 34.1 Å². The molecule has 0 saturated carbocycles. The molecule has 0 atom stereocenters. The van der Waals surface area contributed by atoms with E-state index in [2.05, 4.69) is 26.2 Å². The summed E-state index contributed by atoms with van der Waals surface area (Å²) in [6.45, 7) is 15.2. The molecule has 0 bridgehead atoms. The zero-order valence-electron chi connectivity index (χ0n) is 12.1. The molecule has 0 unspecified atom stereocenters. The minimum absolute atomic E-state index is 0.0480. The average molecular weight is 246 g/mol. The van der Waals surface area contributed by atoms with E-state index < -0.39 is 0 Å². The van der Waals surface area contributed by atoms with Crippen LogP contribution in [0.5, 0.6) is 0 Å². The molecule has 0 aliphatic carbocycles. The Kier molecular flexibility index (Phi) is 13.7. The highest BCUT2D eigenvalue weighted by Gasteiger charge is 1.94. The molecule has 0 fully saturated rings. The van der Waals surface area contributed by atoms with E-state index in [1.54, 1.807) is 12.2 Å². The molecule has 0 aromatic rings. The van der Waals surface area contributed by atoms with Gasteiger partial charge in [0.2, 0.25) is 0 Å². The predicted molar refractivity (Wildman–Crippen MR) is 83.7 cm³/mol. The van der Waals surface area contributed by atoms with Gasteiger partial charge in [0.15, 0.2) is 0 Å². The first-order chi connectivity index (χ1) is 8.65. The molecule has 0 spiro atoms. The van der Waals surface area contributed by atoms with Crippen molar-refractivity contribution in [3.63, 3.8) is 0 Å². The highest BCUT2D eigenvalue weighted by molar-refractivity contribution is 5.47. The maximum Gasteiger partial charge on any atom is 0.108 e. The van der Waals surface area contributed by atoms with Gasteiger partial charge in [-0.3, -0.25) is 0 Å². The molecule has 18 heavy (non-hydrogen) atoms. The third-order valence-corrected chi connectivity index (χ3v) is 1.97. The highest BCUT2D eigenvalue weighted by Crippen LogP contribution is 2.13. The Balaban J connectivity index is 0. The lowest BCUT2D eigenvalue weighted by molar-refractivity contribution is 0.435. The van der Waals surface area contributed by atoms with Gasteiger partial charge in [0, 0.05) is 0 Å². The first-order valence-electron chi connectivity index (χ1n) is 6.37.